The lowest BCUT2D eigenvalue weighted by Crippen LogP contribution is -2.49. The van der Waals surface area contributed by atoms with Gasteiger partial charge < -0.3 is 9.47 Å². The first-order valence-corrected chi connectivity index (χ1v) is 8.21. The number of carbonyl (C=O) groups is 1. The van der Waals surface area contributed by atoms with E-state index in [9.17, 15) is 4.79 Å². The fourth-order valence-electron chi connectivity index (χ4n) is 3.16. The Kier molecular flexibility index (Phi) is 4.52. The zero-order valence-electron chi connectivity index (χ0n) is 14.2. The number of aryl methyl sites for hydroxylation is 3. The van der Waals surface area contributed by atoms with Crippen molar-refractivity contribution in [1.29, 1.82) is 0 Å². The smallest absolute Gasteiger partial charge is 0.274 e. The maximum Gasteiger partial charge on any atom is 0.274 e. The van der Waals surface area contributed by atoms with Crippen LogP contribution in [0.1, 0.15) is 27.6 Å². The lowest BCUT2D eigenvalue weighted by atomic mass is 10.2. The summed E-state index contributed by atoms with van der Waals surface area (Å²) in [5, 5.41) is 6.90. The van der Waals surface area contributed by atoms with Crippen molar-refractivity contribution >= 4 is 5.91 Å². The van der Waals surface area contributed by atoms with Crippen LogP contribution in [0.25, 0.3) is 0 Å². The van der Waals surface area contributed by atoms with Crippen molar-refractivity contribution in [1.82, 2.24) is 24.6 Å². The summed E-state index contributed by atoms with van der Waals surface area (Å²) < 4.78 is 2.35. The summed E-state index contributed by atoms with van der Waals surface area (Å²) in [7, 11) is 0. The van der Waals surface area contributed by atoms with Crippen molar-refractivity contribution in [3.63, 3.8) is 0 Å². The summed E-state index contributed by atoms with van der Waals surface area (Å²) in [6.45, 7) is 11.6. The molecule has 2 aromatic heterocycles. The molecule has 2 aromatic rings. The van der Waals surface area contributed by atoms with Crippen molar-refractivity contribution in [2.24, 2.45) is 0 Å². The predicted octanol–water partition coefficient (Wildman–Crippen LogP) is 1.59. The second kappa shape index (κ2) is 6.58. The molecule has 3 rings (SSSR count). The van der Waals surface area contributed by atoms with Gasteiger partial charge in [0.15, 0.2) is 0 Å². The zero-order valence-corrected chi connectivity index (χ0v) is 14.2. The Bertz CT molecular complexity index is 659. The van der Waals surface area contributed by atoms with Gasteiger partial charge in [-0.2, -0.15) is 5.10 Å². The Morgan fingerprint density at radius 1 is 1.09 bits per heavy atom. The molecule has 1 N–H and O–H groups in total. The standard InChI is InChI=1S/C17H25N5O/c1-13-12-16(19-18-13)17(23)21-9-6-20(7-10-21)8-11-22-14(2)4-5-15(22)3/h4-5,12H,6-11H2,1-3H3,(H,18,19). The number of H-pyrrole nitrogens is 1. The van der Waals surface area contributed by atoms with Gasteiger partial charge in [0, 0.05) is 56.4 Å². The molecule has 0 unspecified atom stereocenters. The summed E-state index contributed by atoms with van der Waals surface area (Å²) in [4.78, 5) is 16.7. The molecule has 0 aliphatic carbocycles. The molecule has 1 fully saturated rings. The zero-order chi connectivity index (χ0) is 16.4. The second-order valence-corrected chi connectivity index (χ2v) is 6.34. The number of amides is 1. The van der Waals surface area contributed by atoms with Gasteiger partial charge in [0.25, 0.3) is 5.91 Å². The third-order valence-electron chi connectivity index (χ3n) is 4.64. The maximum absolute atomic E-state index is 12.4. The maximum atomic E-state index is 12.4. The number of carbonyl (C=O) groups excluding carboxylic acids is 1. The molecule has 23 heavy (non-hydrogen) atoms. The number of nitrogens with zero attached hydrogens (tertiary/aromatic N) is 4. The van der Waals surface area contributed by atoms with Crippen molar-refractivity contribution in [3.8, 4) is 0 Å². The molecule has 0 bridgehead atoms. The molecule has 0 aromatic carbocycles. The quantitative estimate of drug-likeness (QED) is 0.932. The number of nitrogens with one attached hydrogen (secondary N) is 1. The van der Waals surface area contributed by atoms with Gasteiger partial charge in [0.1, 0.15) is 5.69 Å². The van der Waals surface area contributed by atoms with E-state index in [0.29, 0.717) is 5.69 Å². The minimum absolute atomic E-state index is 0.0334. The molecule has 1 saturated heterocycles. The molecule has 1 aliphatic rings. The lowest BCUT2D eigenvalue weighted by molar-refractivity contribution is 0.0627. The normalized spacial score (nSPS) is 16.0. The van der Waals surface area contributed by atoms with Crippen molar-refractivity contribution in [2.45, 2.75) is 27.3 Å². The summed E-state index contributed by atoms with van der Waals surface area (Å²) in [5.41, 5.74) is 4.06. The van der Waals surface area contributed by atoms with E-state index in [4.69, 9.17) is 0 Å². The lowest BCUT2D eigenvalue weighted by Gasteiger charge is -2.34. The Balaban J connectivity index is 1.50. The van der Waals surface area contributed by atoms with Crippen LogP contribution >= 0.6 is 0 Å². The Morgan fingerprint density at radius 2 is 1.74 bits per heavy atom. The molecular formula is C17H25N5O. The highest BCUT2D eigenvalue weighted by Gasteiger charge is 2.23. The van der Waals surface area contributed by atoms with Crippen molar-refractivity contribution in [2.75, 3.05) is 32.7 Å². The molecular weight excluding hydrogens is 290 g/mol. The molecule has 6 heteroatoms. The van der Waals surface area contributed by atoms with Crippen LogP contribution in [0, 0.1) is 20.8 Å². The average Bonchev–Trinajstić information content (AvgIpc) is 3.12. The summed E-state index contributed by atoms with van der Waals surface area (Å²) in [6, 6.07) is 6.14. The first-order valence-electron chi connectivity index (χ1n) is 8.21. The molecule has 1 amide bonds. The predicted molar refractivity (Wildman–Crippen MR) is 89.6 cm³/mol. The summed E-state index contributed by atoms with van der Waals surface area (Å²) >= 11 is 0. The van der Waals surface area contributed by atoms with Gasteiger partial charge >= 0.3 is 0 Å². The van der Waals surface area contributed by atoms with Gasteiger partial charge in [-0.25, -0.2) is 0 Å². The van der Waals surface area contributed by atoms with Gasteiger partial charge in [0.2, 0.25) is 0 Å². The highest BCUT2D eigenvalue weighted by molar-refractivity contribution is 5.92. The van der Waals surface area contributed by atoms with Crippen LogP contribution in [0.3, 0.4) is 0 Å². The van der Waals surface area contributed by atoms with Gasteiger partial charge in [-0.05, 0) is 39.0 Å². The topological polar surface area (TPSA) is 57.2 Å². The highest BCUT2D eigenvalue weighted by atomic mass is 16.2. The van der Waals surface area contributed by atoms with E-state index in [0.717, 1.165) is 45.0 Å². The van der Waals surface area contributed by atoms with Crippen LogP contribution in [-0.2, 0) is 6.54 Å². The molecule has 3 heterocycles. The van der Waals surface area contributed by atoms with Crippen LogP contribution in [0.5, 0.6) is 0 Å². The van der Waals surface area contributed by atoms with E-state index < -0.39 is 0 Å². The number of hydrogen-bond acceptors (Lipinski definition) is 3. The van der Waals surface area contributed by atoms with Crippen molar-refractivity contribution in [3.05, 3.63) is 41.0 Å². The van der Waals surface area contributed by atoms with E-state index in [1.54, 1.807) is 0 Å². The summed E-state index contributed by atoms with van der Waals surface area (Å²) in [6.07, 6.45) is 0. The minimum atomic E-state index is 0.0334. The molecule has 1 aliphatic heterocycles. The van der Waals surface area contributed by atoms with Gasteiger partial charge in [-0.15, -0.1) is 0 Å². The van der Waals surface area contributed by atoms with Crippen LogP contribution in [0.2, 0.25) is 0 Å². The van der Waals surface area contributed by atoms with E-state index in [1.165, 1.54) is 11.4 Å². The monoisotopic (exact) mass is 315 g/mol. The number of aromatic amines is 1. The molecule has 0 spiro atoms. The number of hydrogen-bond donors (Lipinski definition) is 1. The first kappa shape index (κ1) is 15.8. The van der Waals surface area contributed by atoms with E-state index in [1.807, 2.05) is 17.9 Å². The number of rotatable bonds is 4. The SMILES string of the molecule is Cc1cc(C(=O)N2CCN(CCn3c(C)ccc3C)CC2)n[nH]1. The molecule has 0 saturated carbocycles. The van der Waals surface area contributed by atoms with Gasteiger partial charge in [0.05, 0.1) is 0 Å². The fourth-order valence-corrected chi connectivity index (χ4v) is 3.16. The van der Waals surface area contributed by atoms with Gasteiger partial charge in [-0.1, -0.05) is 0 Å². The molecule has 6 nitrogen and oxygen atoms in total. The van der Waals surface area contributed by atoms with Crippen LogP contribution in [-0.4, -0.2) is 63.2 Å². The average molecular weight is 315 g/mol. The van der Waals surface area contributed by atoms with Crippen LogP contribution in [0.4, 0.5) is 0 Å². The largest absolute Gasteiger partial charge is 0.348 e. The minimum Gasteiger partial charge on any atom is -0.348 e. The molecule has 0 atom stereocenters. The van der Waals surface area contributed by atoms with E-state index >= 15 is 0 Å². The van der Waals surface area contributed by atoms with E-state index in [2.05, 4.69) is 45.6 Å². The van der Waals surface area contributed by atoms with Gasteiger partial charge in [-0.3, -0.25) is 14.8 Å². The molecule has 124 valence electrons. The van der Waals surface area contributed by atoms with Crippen molar-refractivity contribution < 1.29 is 4.79 Å². The van der Waals surface area contributed by atoms with Crippen LogP contribution in [0.15, 0.2) is 18.2 Å². The Labute approximate surface area is 137 Å². The first-order chi connectivity index (χ1) is 11.0. The number of aromatic nitrogens is 3. The Morgan fingerprint density at radius 3 is 2.30 bits per heavy atom. The van der Waals surface area contributed by atoms with Crippen LogP contribution < -0.4 is 0 Å². The second-order valence-electron chi connectivity index (χ2n) is 6.34. The molecule has 0 radical (unpaired) electrons. The fraction of sp³-hybridized carbons (Fsp3) is 0.529. The Hall–Kier alpha value is -2.08. The third-order valence-corrected chi connectivity index (χ3v) is 4.64. The third kappa shape index (κ3) is 3.47. The highest BCUT2D eigenvalue weighted by Crippen LogP contribution is 2.10. The van der Waals surface area contributed by atoms with E-state index in [-0.39, 0.29) is 5.91 Å². The summed E-state index contributed by atoms with van der Waals surface area (Å²) in [5.74, 6) is 0.0334. The number of piperazine rings is 1.